The van der Waals surface area contributed by atoms with Crippen LogP contribution in [0.1, 0.15) is 21.3 Å². The van der Waals surface area contributed by atoms with Gasteiger partial charge in [0, 0.05) is 23.1 Å². The number of pyridine rings is 1. The largest absolute Gasteiger partial charge is 0.503 e. The van der Waals surface area contributed by atoms with Crippen LogP contribution in [0, 0.1) is 0 Å². The molecule has 0 radical (unpaired) electrons. The molecule has 27 heavy (non-hydrogen) atoms. The molecule has 2 aromatic heterocycles. The fourth-order valence-corrected chi connectivity index (χ4v) is 3.90. The first-order valence-corrected chi connectivity index (χ1v) is 9.34. The van der Waals surface area contributed by atoms with Crippen LogP contribution < -0.4 is 4.90 Å². The van der Waals surface area contributed by atoms with Gasteiger partial charge in [-0.3, -0.25) is 19.5 Å². The molecule has 5 nitrogen and oxygen atoms in total. The van der Waals surface area contributed by atoms with Crippen LogP contribution in [0.4, 0.5) is 5.69 Å². The number of nitrogens with zero attached hydrogens (tertiary/aromatic N) is 2. The Balaban J connectivity index is 1.87. The average Bonchev–Trinajstić information content (AvgIpc) is 3.31. The minimum atomic E-state index is -0.776. The van der Waals surface area contributed by atoms with Crippen molar-refractivity contribution in [3.63, 3.8) is 0 Å². The van der Waals surface area contributed by atoms with Gasteiger partial charge in [-0.2, -0.15) is 0 Å². The van der Waals surface area contributed by atoms with Gasteiger partial charge in [0.2, 0.25) is 5.78 Å². The molecule has 1 aliphatic rings. The number of Topliss-reactive ketones (excluding diaryl/α,β-unsaturated/α-hetero) is 1. The maximum Gasteiger partial charge on any atom is 0.294 e. The molecular weight excluding hydrogens is 384 g/mol. The van der Waals surface area contributed by atoms with Crippen LogP contribution in [-0.2, 0) is 4.79 Å². The van der Waals surface area contributed by atoms with Gasteiger partial charge in [-0.25, -0.2) is 0 Å². The molecule has 1 atom stereocenters. The fraction of sp³-hybridized carbons (Fsp3) is 0.0500. The van der Waals surface area contributed by atoms with E-state index in [1.165, 1.54) is 16.2 Å². The standard InChI is InChI=1S/C20H13ClN2O3S/c21-13-5-7-14(8-6-13)23-17(12-3-1-9-22-11-12)16(19(25)20(23)26)18(24)15-4-2-10-27-15/h1-11,17,25H. The highest BCUT2D eigenvalue weighted by molar-refractivity contribution is 7.12. The van der Waals surface area contributed by atoms with E-state index < -0.39 is 17.7 Å². The quantitative estimate of drug-likeness (QED) is 0.655. The van der Waals surface area contributed by atoms with Crippen LogP contribution in [0.25, 0.3) is 0 Å². The fourth-order valence-electron chi connectivity index (χ4n) is 3.10. The van der Waals surface area contributed by atoms with Gasteiger partial charge in [-0.15, -0.1) is 11.3 Å². The van der Waals surface area contributed by atoms with E-state index in [9.17, 15) is 14.7 Å². The summed E-state index contributed by atoms with van der Waals surface area (Å²) in [4.78, 5) is 31.9. The lowest BCUT2D eigenvalue weighted by Gasteiger charge is -2.26. The number of rotatable bonds is 4. The third-order valence-corrected chi connectivity index (χ3v) is 5.42. The van der Waals surface area contributed by atoms with Gasteiger partial charge in [-0.1, -0.05) is 23.7 Å². The molecule has 0 bridgehead atoms. The Hall–Kier alpha value is -2.96. The lowest BCUT2D eigenvalue weighted by atomic mass is 9.96. The van der Waals surface area contributed by atoms with Crippen molar-refractivity contribution < 1.29 is 14.7 Å². The highest BCUT2D eigenvalue weighted by Crippen LogP contribution is 2.42. The van der Waals surface area contributed by atoms with Crippen molar-refractivity contribution in [3.05, 3.63) is 93.1 Å². The number of aliphatic hydroxyl groups is 1. The summed E-state index contributed by atoms with van der Waals surface area (Å²) in [6.45, 7) is 0. The summed E-state index contributed by atoms with van der Waals surface area (Å²) in [7, 11) is 0. The maximum absolute atomic E-state index is 13.1. The number of amides is 1. The number of aliphatic hydroxyl groups excluding tert-OH is 1. The second-order valence-corrected chi connectivity index (χ2v) is 7.29. The molecule has 3 aromatic rings. The number of thiophene rings is 1. The lowest BCUT2D eigenvalue weighted by Crippen LogP contribution is -2.31. The molecule has 1 aromatic carbocycles. The number of aromatic nitrogens is 1. The molecule has 7 heteroatoms. The van der Waals surface area contributed by atoms with Crippen LogP contribution in [0.3, 0.4) is 0 Å². The molecule has 1 unspecified atom stereocenters. The van der Waals surface area contributed by atoms with Crippen molar-refractivity contribution in [2.45, 2.75) is 6.04 Å². The number of ketones is 1. The molecule has 134 valence electrons. The number of benzene rings is 1. The van der Waals surface area contributed by atoms with E-state index in [2.05, 4.69) is 4.98 Å². The number of anilines is 1. The first-order valence-electron chi connectivity index (χ1n) is 8.08. The predicted molar refractivity (Wildman–Crippen MR) is 104 cm³/mol. The highest BCUT2D eigenvalue weighted by Gasteiger charge is 2.44. The Morgan fingerprint density at radius 3 is 2.56 bits per heavy atom. The zero-order chi connectivity index (χ0) is 19.0. The molecule has 3 heterocycles. The molecule has 0 saturated heterocycles. The zero-order valence-electron chi connectivity index (χ0n) is 13.9. The molecule has 1 amide bonds. The topological polar surface area (TPSA) is 70.5 Å². The van der Waals surface area contributed by atoms with Gasteiger partial charge >= 0.3 is 0 Å². The second kappa shape index (κ2) is 6.98. The summed E-state index contributed by atoms with van der Waals surface area (Å²) in [5, 5.41) is 12.9. The van der Waals surface area contributed by atoms with Crippen molar-refractivity contribution in [1.29, 1.82) is 0 Å². The van der Waals surface area contributed by atoms with E-state index in [1.807, 2.05) is 0 Å². The van der Waals surface area contributed by atoms with Crippen LogP contribution in [-0.4, -0.2) is 21.8 Å². The minimum Gasteiger partial charge on any atom is -0.503 e. The van der Waals surface area contributed by atoms with Crippen molar-refractivity contribution >= 4 is 40.3 Å². The van der Waals surface area contributed by atoms with Gasteiger partial charge in [0.15, 0.2) is 5.76 Å². The van der Waals surface area contributed by atoms with Gasteiger partial charge in [0.25, 0.3) is 5.91 Å². The van der Waals surface area contributed by atoms with Gasteiger partial charge in [0.1, 0.15) is 0 Å². The van der Waals surface area contributed by atoms with E-state index in [1.54, 1.807) is 66.3 Å². The Morgan fingerprint density at radius 2 is 1.93 bits per heavy atom. The Morgan fingerprint density at radius 1 is 1.15 bits per heavy atom. The van der Waals surface area contributed by atoms with Crippen molar-refractivity contribution in [1.82, 2.24) is 4.98 Å². The molecular formula is C20H13ClN2O3S. The summed E-state index contributed by atoms with van der Waals surface area (Å²) < 4.78 is 0. The molecule has 1 aliphatic heterocycles. The zero-order valence-corrected chi connectivity index (χ0v) is 15.4. The molecule has 4 rings (SSSR count). The van der Waals surface area contributed by atoms with Crippen LogP contribution in [0.5, 0.6) is 0 Å². The van der Waals surface area contributed by atoms with E-state index >= 15 is 0 Å². The van der Waals surface area contributed by atoms with Crippen LogP contribution >= 0.6 is 22.9 Å². The maximum atomic E-state index is 13.1. The normalized spacial score (nSPS) is 16.9. The number of hydrogen-bond acceptors (Lipinski definition) is 5. The highest BCUT2D eigenvalue weighted by atomic mass is 35.5. The Bertz CT molecular complexity index is 1030. The summed E-state index contributed by atoms with van der Waals surface area (Å²) in [6.07, 6.45) is 3.19. The number of carbonyl (C=O) groups excluding carboxylic acids is 2. The monoisotopic (exact) mass is 396 g/mol. The molecule has 1 N–H and O–H groups in total. The average molecular weight is 397 g/mol. The van der Waals surface area contributed by atoms with Gasteiger partial charge < -0.3 is 5.11 Å². The van der Waals surface area contributed by atoms with Crippen LogP contribution in [0.2, 0.25) is 5.02 Å². The van der Waals surface area contributed by atoms with Gasteiger partial charge in [0.05, 0.1) is 16.5 Å². The Labute approximate surface area is 164 Å². The predicted octanol–water partition coefficient (Wildman–Crippen LogP) is 4.58. The lowest BCUT2D eigenvalue weighted by molar-refractivity contribution is -0.117. The summed E-state index contributed by atoms with van der Waals surface area (Å²) in [5.41, 5.74) is 1.20. The minimum absolute atomic E-state index is 0.0467. The molecule has 0 spiro atoms. The molecule has 0 fully saturated rings. The van der Waals surface area contributed by atoms with Crippen molar-refractivity contribution in [2.24, 2.45) is 0 Å². The Kier molecular flexibility index (Phi) is 4.51. The third kappa shape index (κ3) is 3.03. The molecule has 0 saturated carbocycles. The van der Waals surface area contributed by atoms with E-state index in [-0.39, 0.29) is 11.4 Å². The molecule has 0 aliphatic carbocycles. The second-order valence-electron chi connectivity index (χ2n) is 5.91. The van der Waals surface area contributed by atoms with Crippen molar-refractivity contribution in [2.75, 3.05) is 4.90 Å². The smallest absolute Gasteiger partial charge is 0.294 e. The van der Waals surface area contributed by atoms with Crippen molar-refractivity contribution in [3.8, 4) is 0 Å². The number of halogens is 1. The van der Waals surface area contributed by atoms with E-state index in [0.29, 0.717) is 21.2 Å². The summed E-state index contributed by atoms with van der Waals surface area (Å²) >= 11 is 7.22. The van der Waals surface area contributed by atoms with Crippen LogP contribution in [0.15, 0.2) is 77.6 Å². The number of carbonyl (C=O) groups is 2. The van der Waals surface area contributed by atoms with Gasteiger partial charge in [-0.05, 0) is 47.3 Å². The van der Waals surface area contributed by atoms with E-state index in [4.69, 9.17) is 11.6 Å². The SMILES string of the molecule is O=C(C1=C(O)C(=O)N(c2ccc(Cl)cc2)C1c1cccnc1)c1cccs1. The number of hydrogen-bond donors (Lipinski definition) is 1. The first-order chi connectivity index (χ1) is 13.1. The van der Waals surface area contributed by atoms with E-state index in [0.717, 1.165) is 0 Å². The third-order valence-electron chi connectivity index (χ3n) is 4.30. The first kappa shape index (κ1) is 17.5. The summed E-state index contributed by atoms with van der Waals surface area (Å²) in [5.74, 6) is -1.55. The summed E-state index contributed by atoms with van der Waals surface area (Å²) in [6, 6.07) is 12.8.